The zero-order valence-electron chi connectivity index (χ0n) is 11.8. The maximum Gasteiger partial charge on any atom is 0.431 e. The van der Waals surface area contributed by atoms with Crippen molar-refractivity contribution in [2.45, 2.75) is 33.1 Å². The highest BCUT2D eigenvalue weighted by atomic mass is 19.4. The third kappa shape index (κ3) is 4.59. The molecule has 0 spiro atoms. The van der Waals surface area contributed by atoms with Gasteiger partial charge in [0, 0.05) is 6.54 Å². The van der Waals surface area contributed by atoms with Crippen LogP contribution in [0, 0.1) is 5.41 Å². The first-order chi connectivity index (χ1) is 9.43. The van der Waals surface area contributed by atoms with E-state index in [9.17, 15) is 27.9 Å². The molecule has 8 heteroatoms. The van der Waals surface area contributed by atoms with Crippen molar-refractivity contribution < 1.29 is 23.1 Å². The Hall–Kier alpha value is -1.83. The van der Waals surface area contributed by atoms with E-state index in [1.54, 1.807) is 25.8 Å². The highest BCUT2D eigenvalue weighted by Crippen LogP contribution is 2.26. The van der Waals surface area contributed by atoms with Crippen LogP contribution < -0.4 is 10.9 Å². The number of carbonyl (C=O) groups is 1. The van der Waals surface area contributed by atoms with Crippen molar-refractivity contribution >= 4 is 5.91 Å². The number of H-pyrrole nitrogens is 1. The van der Waals surface area contributed by atoms with Crippen molar-refractivity contribution in [1.29, 1.82) is 0 Å². The summed E-state index contributed by atoms with van der Waals surface area (Å²) in [6.45, 7) is 5.17. The summed E-state index contributed by atoms with van der Waals surface area (Å²) in [5, 5.41) is 12.1. The summed E-state index contributed by atoms with van der Waals surface area (Å²) < 4.78 is 37.1. The number of aromatic amines is 1. The highest BCUT2D eigenvalue weighted by Gasteiger charge is 2.32. The lowest BCUT2D eigenvalue weighted by atomic mass is 9.89. The number of alkyl halides is 3. The van der Waals surface area contributed by atoms with Gasteiger partial charge in [-0.05, 0) is 17.5 Å². The van der Waals surface area contributed by atoms with Crippen molar-refractivity contribution in [2.75, 3.05) is 6.54 Å². The third-order valence-corrected chi connectivity index (χ3v) is 2.92. The molecule has 1 aromatic rings. The van der Waals surface area contributed by atoms with Crippen LogP contribution >= 0.6 is 0 Å². The van der Waals surface area contributed by atoms with Gasteiger partial charge in [-0.2, -0.15) is 13.2 Å². The smallest absolute Gasteiger partial charge is 0.391 e. The van der Waals surface area contributed by atoms with Crippen LogP contribution in [0.15, 0.2) is 16.9 Å². The Morgan fingerprint density at radius 2 is 1.90 bits per heavy atom. The molecule has 118 valence electrons. The molecule has 0 bridgehead atoms. The Bertz CT molecular complexity index is 573. The van der Waals surface area contributed by atoms with E-state index in [1.807, 2.05) is 0 Å². The number of nitrogens with one attached hydrogen (secondary N) is 2. The number of halogens is 3. The van der Waals surface area contributed by atoms with Gasteiger partial charge in [0.05, 0.1) is 6.10 Å². The fourth-order valence-electron chi connectivity index (χ4n) is 1.41. The van der Waals surface area contributed by atoms with E-state index >= 15 is 0 Å². The maximum absolute atomic E-state index is 12.4. The van der Waals surface area contributed by atoms with Crippen molar-refractivity contribution in [3.8, 4) is 0 Å². The summed E-state index contributed by atoms with van der Waals surface area (Å²) >= 11 is 0. The van der Waals surface area contributed by atoms with Gasteiger partial charge in [0.25, 0.3) is 11.5 Å². The quantitative estimate of drug-likeness (QED) is 0.792. The zero-order chi connectivity index (χ0) is 16.4. The second kappa shape index (κ2) is 5.88. The first-order valence-electron chi connectivity index (χ1n) is 6.19. The predicted molar refractivity (Wildman–Crippen MR) is 69.9 cm³/mol. The lowest BCUT2D eigenvalue weighted by Gasteiger charge is -2.25. The van der Waals surface area contributed by atoms with E-state index in [-0.39, 0.29) is 6.54 Å². The average Bonchev–Trinajstić information content (AvgIpc) is 2.33. The van der Waals surface area contributed by atoms with Crippen LogP contribution in [0.2, 0.25) is 0 Å². The lowest BCUT2D eigenvalue weighted by molar-refractivity contribution is -0.141. The molecule has 1 heterocycles. The summed E-state index contributed by atoms with van der Waals surface area (Å²) in [5.41, 5.74) is -3.27. The minimum Gasteiger partial charge on any atom is -0.391 e. The molecule has 0 saturated heterocycles. The molecule has 0 aliphatic heterocycles. The molecule has 5 nitrogen and oxygen atoms in total. The van der Waals surface area contributed by atoms with Crippen LogP contribution in [-0.4, -0.2) is 28.6 Å². The molecule has 0 aliphatic rings. The van der Waals surface area contributed by atoms with Gasteiger partial charge < -0.3 is 15.4 Å². The normalized spacial score (nSPS) is 13.9. The molecule has 0 radical (unpaired) electrons. The molecule has 0 saturated carbocycles. The average molecular weight is 306 g/mol. The largest absolute Gasteiger partial charge is 0.431 e. The molecule has 1 atom stereocenters. The van der Waals surface area contributed by atoms with Gasteiger partial charge in [-0.1, -0.05) is 20.8 Å². The molecule has 1 aromatic heterocycles. The minimum absolute atomic E-state index is 0.108. The van der Waals surface area contributed by atoms with E-state index in [0.717, 1.165) is 6.07 Å². The molecule has 21 heavy (non-hydrogen) atoms. The fourth-order valence-corrected chi connectivity index (χ4v) is 1.41. The maximum atomic E-state index is 12.4. The second-order valence-corrected chi connectivity index (χ2v) is 5.70. The molecule has 0 fully saturated rings. The van der Waals surface area contributed by atoms with Crippen LogP contribution in [-0.2, 0) is 6.18 Å². The highest BCUT2D eigenvalue weighted by molar-refractivity contribution is 5.93. The van der Waals surface area contributed by atoms with Gasteiger partial charge >= 0.3 is 6.18 Å². The van der Waals surface area contributed by atoms with Gasteiger partial charge in [-0.15, -0.1) is 0 Å². The molecule has 0 aliphatic carbocycles. The van der Waals surface area contributed by atoms with Crippen molar-refractivity contribution in [3.05, 3.63) is 33.7 Å². The molecule has 3 N–H and O–H groups in total. The summed E-state index contributed by atoms with van der Waals surface area (Å²) in [6, 6.07) is 1.43. The first kappa shape index (κ1) is 17.2. The number of amides is 1. The van der Waals surface area contributed by atoms with E-state index in [2.05, 4.69) is 5.32 Å². The van der Waals surface area contributed by atoms with Gasteiger partial charge in [0.1, 0.15) is 11.3 Å². The summed E-state index contributed by atoms with van der Waals surface area (Å²) in [4.78, 5) is 24.8. The standard InChI is InChI=1S/C13H17F3N2O3/c1-12(2,3)9(19)6-17-10(20)7-4-5-8(13(14,15)16)18-11(7)21/h4-5,9,19H,6H2,1-3H3,(H,17,20)(H,18,21). The van der Waals surface area contributed by atoms with Crippen molar-refractivity contribution in [1.82, 2.24) is 10.3 Å². The van der Waals surface area contributed by atoms with Crippen LogP contribution in [0.4, 0.5) is 13.2 Å². The molecule has 1 amide bonds. The number of aliphatic hydroxyl groups excluding tert-OH is 1. The van der Waals surface area contributed by atoms with E-state index < -0.39 is 40.4 Å². The number of aliphatic hydroxyl groups is 1. The van der Waals surface area contributed by atoms with Crippen LogP contribution in [0.3, 0.4) is 0 Å². The van der Waals surface area contributed by atoms with E-state index in [4.69, 9.17) is 0 Å². The van der Waals surface area contributed by atoms with Crippen LogP contribution in [0.1, 0.15) is 36.8 Å². The van der Waals surface area contributed by atoms with Gasteiger partial charge in [0.2, 0.25) is 0 Å². The molecular weight excluding hydrogens is 289 g/mol. The topological polar surface area (TPSA) is 82.2 Å². The fraction of sp³-hybridized carbons (Fsp3) is 0.538. The SMILES string of the molecule is CC(C)(C)C(O)CNC(=O)c1ccc(C(F)(F)F)[nH]c1=O. The van der Waals surface area contributed by atoms with Crippen molar-refractivity contribution in [2.24, 2.45) is 5.41 Å². The number of rotatable bonds is 3. The molecule has 1 rings (SSSR count). The first-order valence-corrected chi connectivity index (χ1v) is 6.19. The van der Waals surface area contributed by atoms with Gasteiger partial charge in [-0.25, -0.2) is 0 Å². The molecule has 0 aromatic carbocycles. The third-order valence-electron chi connectivity index (χ3n) is 2.92. The second-order valence-electron chi connectivity index (χ2n) is 5.70. The van der Waals surface area contributed by atoms with Gasteiger partial charge in [0.15, 0.2) is 0 Å². The number of aromatic nitrogens is 1. The Morgan fingerprint density at radius 3 is 2.33 bits per heavy atom. The monoisotopic (exact) mass is 306 g/mol. The lowest BCUT2D eigenvalue weighted by Crippen LogP contribution is -2.40. The number of carbonyl (C=O) groups excluding carboxylic acids is 1. The van der Waals surface area contributed by atoms with E-state index in [1.165, 1.54) is 0 Å². The molecular formula is C13H17F3N2O3. The predicted octanol–water partition coefficient (Wildman–Crippen LogP) is 1.53. The van der Waals surface area contributed by atoms with Gasteiger partial charge in [-0.3, -0.25) is 9.59 Å². The number of hydrogen-bond acceptors (Lipinski definition) is 3. The van der Waals surface area contributed by atoms with Crippen LogP contribution in [0.25, 0.3) is 0 Å². The van der Waals surface area contributed by atoms with Crippen molar-refractivity contribution in [3.63, 3.8) is 0 Å². The number of pyridine rings is 1. The summed E-state index contributed by atoms with van der Waals surface area (Å²) in [6.07, 6.45) is -5.54. The Balaban J connectivity index is 2.83. The molecule has 1 unspecified atom stereocenters. The minimum atomic E-state index is -4.68. The Kier molecular flexibility index (Phi) is 4.83. The zero-order valence-corrected chi connectivity index (χ0v) is 11.8. The Morgan fingerprint density at radius 1 is 1.33 bits per heavy atom. The summed E-state index contributed by atoms with van der Waals surface area (Å²) in [5.74, 6) is -0.840. The summed E-state index contributed by atoms with van der Waals surface area (Å²) in [7, 11) is 0. The Labute approximate surface area is 119 Å². The van der Waals surface area contributed by atoms with E-state index in [0.29, 0.717) is 6.07 Å². The van der Waals surface area contributed by atoms with Crippen LogP contribution in [0.5, 0.6) is 0 Å². The number of hydrogen-bond donors (Lipinski definition) is 3.